The molecule has 3 nitrogen and oxygen atoms in total. The fraction of sp³-hybridized carbons (Fsp3) is 0.455. The summed E-state index contributed by atoms with van der Waals surface area (Å²) >= 11 is 0. The van der Waals surface area contributed by atoms with Crippen LogP contribution < -0.4 is 10.1 Å². The molecule has 0 unspecified atom stereocenters. The van der Waals surface area contributed by atoms with Crippen LogP contribution in [-0.2, 0) is 6.61 Å². The van der Waals surface area contributed by atoms with Crippen LogP contribution >= 0.6 is 12.4 Å². The van der Waals surface area contributed by atoms with Crippen molar-refractivity contribution in [3.8, 4) is 5.75 Å². The van der Waals surface area contributed by atoms with Gasteiger partial charge in [0.15, 0.2) is 0 Å². The Balaban J connectivity index is 0.00000280. The molecule has 0 spiro atoms. The van der Waals surface area contributed by atoms with Crippen LogP contribution in [0.5, 0.6) is 5.75 Å². The summed E-state index contributed by atoms with van der Waals surface area (Å²) in [6.45, 7) is 7.76. The fourth-order valence-electron chi connectivity index (χ4n) is 3.79. The molecule has 1 saturated heterocycles. The van der Waals surface area contributed by atoms with Gasteiger partial charge < -0.3 is 10.1 Å². The van der Waals surface area contributed by atoms with Crippen molar-refractivity contribution in [2.24, 2.45) is 0 Å². The summed E-state index contributed by atoms with van der Waals surface area (Å²) < 4.78 is 32.5. The average Bonchev–Trinajstić information content (AvgIpc) is 2.66. The van der Waals surface area contributed by atoms with Gasteiger partial charge in [-0.15, -0.1) is 12.4 Å². The molecule has 6 heteroatoms. The number of ether oxygens (including phenoxy) is 1. The second kappa shape index (κ2) is 10.7. The van der Waals surface area contributed by atoms with Crippen molar-refractivity contribution >= 4 is 12.4 Å². The van der Waals surface area contributed by atoms with E-state index in [0.717, 1.165) is 54.2 Å². The number of hydrogen-bond donors (Lipinski definition) is 1. The number of halogens is 3. The Bertz CT molecular complexity index is 714. The van der Waals surface area contributed by atoms with Gasteiger partial charge in [-0.3, -0.25) is 4.90 Å². The lowest BCUT2D eigenvalue weighted by molar-refractivity contribution is 0.0738. The number of aryl methyl sites for hydroxylation is 2. The first-order valence-corrected chi connectivity index (χ1v) is 9.55. The molecule has 0 saturated carbocycles. The summed E-state index contributed by atoms with van der Waals surface area (Å²) in [4.78, 5) is 2.17. The van der Waals surface area contributed by atoms with Crippen molar-refractivity contribution in [1.82, 2.24) is 10.2 Å². The number of nitrogens with zero attached hydrogens (tertiary/aromatic N) is 1. The van der Waals surface area contributed by atoms with Crippen molar-refractivity contribution in [2.75, 3.05) is 26.2 Å². The van der Waals surface area contributed by atoms with Crippen LogP contribution in [0.4, 0.5) is 8.78 Å². The molecule has 3 rings (SSSR count). The van der Waals surface area contributed by atoms with E-state index in [9.17, 15) is 8.78 Å². The molecule has 28 heavy (non-hydrogen) atoms. The van der Waals surface area contributed by atoms with E-state index in [1.165, 1.54) is 0 Å². The van der Waals surface area contributed by atoms with Crippen LogP contribution in [0.2, 0.25) is 0 Å². The summed E-state index contributed by atoms with van der Waals surface area (Å²) in [5.74, 6) is 0.846. The molecule has 154 valence electrons. The summed E-state index contributed by atoms with van der Waals surface area (Å²) in [6, 6.07) is 13.8. The molecule has 0 bridgehead atoms. The summed E-state index contributed by atoms with van der Waals surface area (Å²) in [7, 11) is 0. The van der Waals surface area contributed by atoms with Crippen LogP contribution in [0.1, 0.15) is 34.7 Å². The predicted octanol–water partition coefficient (Wildman–Crippen LogP) is 4.91. The molecular weight excluding hydrogens is 382 g/mol. The van der Waals surface area contributed by atoms with Crippen LogP contribution in [-0.4, -0.2) is 37.5 Å². The lowest BCUT2D eigenvalue weighted by Gasteiger charge is -2.35. The third-order valence-corrected chi connectivity index (χ3v) is 5.09. The van der Waals surface area contributed by atoms with Gasteiger partial charge in [-0.25, -0.2) is 8.78 Å². The molecule has 1 fully saturated rings. The van der Waals surface area contributed by atoms with Gasteiger partial charge in [0.05, 0.1) is 0 Å². The highest BCUT2D eigenvalue weighted by molar-refractivity contribution is 5.85. The number of rotatable bonds is 7. The first kappa shape index (κ1) is 22.6. The maximum Gasteiger partial charge on any atom is 0.240 e. The molecular formula is C22H29ClF2N2O. The highest BCUT2D eigenvalue weighted by Crippen LogP contribution is 2.33. The van der Waals surface area contributed by atoms with E-state index in [-0.39, 0.29) is 24.9 Å². The SMILES string of the molecule is Cc1cc([C@@H](CC(F)F)N2CCNCC2)cc(C)c1OCc1ccccc1.Cl. The minimum Gasteiger partial charge on any atom is -0.488 e. The van der Waals surface area contributed by atoms with Crippen molar-refractivity contribution < 1.29 is 13.5 Å². The van der Waals surface area contributed by atoms with Crippen LogP contribution in [0.15, 0.2) is 42.5 Å². The maximum atomic E-state index is 13.2. The van der Waals surface area contributed by atoms with Crippen molar-refractivity contribution in [3.63, 3.8) is 0 Å². The third kappa shape index (κ3) is 5.90. The van der Waals surface area contributed by atoms with E-state index in [1.54, 1.807) is 0 Å². The molecule has 1 aliphatic heterocycles. The number of benzene rings is 2. The second-order valence-electron chi connectivity index (χ2n) is 7.19. The molecule has 0 amide bonds. The van der Waals surface area contributed by atoms with Crippen molar-refractivity contribution in [3.05, 3.63) is 64.7 Å². The molecule has 0 aromatic heterocycles. The Kier molecular flexibility index (Phi) is 8.67. The highest BCUT2D eigenvalue weighted by Gasteiger charge is 2.26. The van der Waals surface area contributed by atoms with Gasteiger partial charge in [0.1, 0.15) is 12.4 Å². The van der Waals surface area contributed by atoms with Crippen LogP contribution in [0.3, 0.4) is 0 Å². The van der Waals surface area contributed by atoms with Gasteiger partial charge in [-0.1, -0.05) is 42.5 Å². The van der Waals surface area contributed by atoms with E-state index in [4.69, 9.17) is 4.74 Å². The van der Waals surface area contributed by atoms with Gasteiger partial charge in [0.25, 0.3) is 0 Å². The van der Waals surface area contributed by atoms with Crippen molar-refractivity contribution in [1.29, 1.82) is 0 Å². The fourth-order valence-corrected chi connectivity index (χ4v) is 3.79. The zero-order valence-corrected chi connectivity index (χ0v) is 17.3. The topological polar surface area (TPSA) is 24.5 Å². The molecule has 0 radical (unpaired) electrons. The molecule has 1 aliphatic rings. The summed E-state index contributed by atoms with van der Waals surface area (Å²) in [6.07, 6.45) is -2.46. The first-order valence-electron chi connectivity index (χ1n) is 9.55. The monoisotopic (exact) mass is 410 g/mol. The summed E-state index contributed by atoms with van der Waals surface area (Å²) in [5.41, 5.74) is 4.06. The Morgan fingerprint density at radius 2 is 1.64 bits per heavy atom. The summed E-state index contributed by atoms with van der Waals surface area (Å²) in [5, 5.41) is 3.29. The van der Waals surface area contributed by atoms with Crippen LogP contribution in [0, 0.1) is 13.8 Å². The molecule has 1 heterocycles. The molecule has 0 aliphatic carbocycles. The lowest BCUT2D eigenvalue weighted by Crippen LogP contribution is -2.45. The maximum absolute atomic E-state index is 13.2. The van der Waals surface area contributed by atoms with Gasteiger partial charge >= 0.3 is 0 Å². The zero-order valence-electron chi connectivity index (χ0n) is 16.5. The van der Waals surface area contributed by atoms with E-state index in [1.807, 2.05) is 56.3 Å². The number of piperazine rings is 1. The first-order chi connectivity index (χ1) is 13.0. The standard InChI is InChI=1S/C22H28F2N2O.ClH/c1-16-12-19(20(14-21(23)24)26-10-8-25-9-11-26)13-17(2)22(16)27-15-18-6-4-3-5-7-18;/h3-7,12-13,20-21,25H,8-11,14-15H2,1-2H3;1H/t20-;/m1./s1. The van der Waals surface area contributed by atoms with E-state index < -0.39 is 6.43 Å². The zero-order chi connectivity index (χ0) is 19.2. The van der Waals surface area contributed by atoms with E-state index in [2.05, 4.69) is 10.2 Å². The highest BCUT2D eigenvalue weighted by atomic mass is 35.5. The van der Waals surface area contributed by atoms with E-state index >= 15 is 0 Å². The Morgan fingerprint density at radius 3 is 2.21 bits per heavy atom. The van der Waals surface area contributed by atoms with E-state index in [0.29, 0.717) is 6.61 Å². The molecule has 1 atom stereocenters. The van der Waals surface area contributed by atoms with Gasteiger partial charge in [0, 0.05) is 38.6 Å². The molecule has 2 aromatic rings. The lowest BCUT2D eigenvalue weighted by atomic mass is 9.96. The average molecular weight is 411 g/mol. The normalized spacial score (nSPS) is 15.9. The number of nitrogens with one attached hydrogen (secondary N) is 1. The Hall–Kier alpha value is -1.69. The Morgan fingerprint density at radius 1 is 1.04 bits per heavy atom. The largest absolute Gasteiger partial charge is 0.488 e. The number of alkyl halides is 2. The minimum atomic E-state index is -2.32. The smallest absolute Gasteiger partial charge is 0.240 e. The third-order valence-electron chi connectivity index (χ3n) is 5.09. The van der Waals surface area contributed by atoms with Gasteiger partial charge in [-0.05, 0) is 36.1 Å². The van der Waals surface area contributed by atoms with Gasteiger partial charge in [0.2, 0.25) is 6.43 Å². The molecule has 1 N–H and O–H groups in total. The predicted molar refractivity (Wildman–Crippen MR) is 112 cm³/mol. The molecule has 2 aromatic carbocycles. The Labute approximate surface area is 172 Å². The second-order valence-corrected chi connectivity index (χ2v) is 7.19. The van der Waals surface area contributed by atoms with Crippen LogP contribution in [0.25, 0.3) is 0 Å². The quantitative estimate of drug-likeness (QED) is 0.702. The van der Waals surface area contributed by atoms with Crippen molar-refractivity contribution in [2.45, 2.75) is 39.3 Å². The van der Waals surface area contributed by atoms with Gasteiger partial charge in [-0.2, -0.15) is 0 Å². The minimum absolute atomic E-state index is 0. The number of hydrogen-bond acceptors (Lipinski definition) is 3.